The van der Waals surface area contributed by atoms with Gasteiger partial charge in [-0.3, -0.25) is 0 Å². The molecule has 0 aliphatic rings. The first kappa shape index (κ1) is 21.4. The fourth-order valence-corrected chi connectivity index (χ4v) is 2.81. The molecule has 0 saturated carbocycles. The Morgan fingerprint density at radius 2 is 1.60 bits per heavy atom. The molecule has 4 N–H and O–H groups in total. The van der Waals surface area contributed by atoms with E-state index in [1.165, 1.54) is 50.2 Å². The van der Waals surface area contributed by atoms with E-state index < -0.39 is 11.5 Å². The second-order valence-corrected chi connectivity index (χ2v) is 6.90. The molecule has 0 aliphatic heterocycles. The number of nitrogens with two attached hydrogens (primary N) is 1. The summed E-state index contributed by atoms with van der Waals surface area (Å²) < 4.78 is 0. The van der Waals surface area contributed by atoms with Crippen LogP contribution in [0, 0.1) is 0 Å². The number of carboxylic acid groups (broad SMARTS) is 1. The average Bonchev–Trinajstić information content (AvgIpc) is 2.62. The van der Waals surface area contributed by atoms with Gasteiger partial charge in [-0.25, -0.2) is 4.79 Å². The Hall–Kier alpha value is -1.65. The van der Waals surface area contributed by atoms with Crippen LogP contribution in [-0.4, -0.2) is 28.3 Å². The van der Waals surface area contributed by atoms with Crippen LogP contribution in [0.4, 0.5) is 0 Å². The normalized spacial score (nSPS) is 13.9. The van der Waals surface area contributed by atoms with E-state index in [-0.39, 0.29) is 6.61 Å². The highest BCUT2D eigenvalue weighted by molar-refractivity contribution is 5.80. The summed E-state index contributed by atoms with van der Waals surface area (Å²) in [6.45, 7) is 1.96. The minimum absolute atomic E-state index is 0.271. The number of carbonyl (C=O) groups is 1. The lowest BCUT2D eigenvalue weighted by molar-refractivity contribution is -0.131. The molecule has 0 unspecified atom stereocenters. The second kappa shape index (κ2) is 11.8. The average molecular weight is 347 g/mol. The lowest BCUT2D eigenvalue weighted by Gasteiger charge is -2.23. The summed E-state index contributed by atoms with van der Waals surface area (Å²) >= 11 is 0. The van der Waals surface area contributed by atoms with Gasteiger partial charge < -0.3 is 15.9 Å². The first-order chi connectivity index (χ1) is 12.0. The quantitative estimate of drug-likeness (QED) is 0.374. The van der Waals surface area contributed by atoms with Crippen molar-refractivity contribution < 1.29 is 15.0 Å². The molecular weight excluding hydrogens is 314 g/mol. The van der Waals surface area contributed by atoms with Crippen LogP contribution in [0.3, 0.4) is 0 Å². The van der Waals surface area contributed by atoms with Crippen LogP contribution in [0.25, 0.3) is 0 Å². The zero-order valence-corrected chi connectivity index (χ0v) is 15.4. The highest BCUT2D eigenvalue weighted by Crippen LogP contribution is 2.16. The molecule has 0 heterocycles. The van der Waals surface area contributed by atoms with Crippen molar-refractivity contribution in [2.45, 2.75) is 70.3 Å². The highest BCUT2D eigenvalue weighted by atomic mass is 16.4. The first-order valence-corrected chi connectivity index (χ1v) is 9.39. The summed E-state index contributed by atoms with van der Waals surface area (Å²) in [6, 6.07) is 8.52. The monoisotopic (exact) mass is 347 g/mol. The number of rotatable bonds is 13. The molecule has 0 fully saturated rings. The standard InChI is InChI=1S/C21H33NO3/c1-2-3-4-5-6-7-8-18-9-11-19(12-10-18)13-15-21(22,17-23)16-14-20(24)25/h9-12,14,16,23H,2-8,13,15,17,22H2,1H3,(H,24,25)/b16-14+/t21-/m0/s1. The lowest BCUT2D eigenvalue weighted by Crippen LogP contribution is -2.42. The van der Waals surface area contributed by atoms with Crippen LogP contribution in [0.5, 0.6) is 0 Å². The molecule has 4 heteroatoms. The molecule has 1 aromatic carbocycles. The molecule has 1 atom stereocenters. The number of carboxylic acids is 1. The number of aliphatic hydroxyl groups excluding tert-OH is 1. The molecule has 140 valence electrons. The molecule has 0 radical (unpaired) electrons. The van der Waals surface area contributed by atoms with Crippen molar-refractivity contribution in [3.05, 3.63) is 47.5 Å². The van der Waals surface area contributed by atoms with Crippen LogP contribution < -0.4 is 5.73 Å². The Morgan fingerprint density at radius 3 is 2.16 bits per heavy atom. The van der Waals surface area contributed by atoms with Crippen LogP contribution >= 0.6 is 0 Å². The van der Waals surface area contributed by atoms with Crippen molar-refractivity contribution >= 4 is 5.97 Å². The van der Waals surface area contributed by atoms with Crippen LogP contribution in [-0.2, 0) is 17.6 Å². The largest absolute Gasteiger partial charge is 0.478 e. The van der Waals surface area contributed by atoms with Crippen LogP contribution in [0.1, 0.15) is 63.0 Å². The lowest BCUT2D eigenvalue weighted by atomic mass is 9.92. The van der Waals surface area contributed by atoms with Crippen molar-refractivity contribution in [2.75, 3.05) is 6.61 Å². The van der Waals surface area contributed by atoms with Crippen molar-refractivity contribution in [3.63, 3.8) is 0 Å². The maximum absolute atomic E-state index is 10.6. The minimum Gasteiger partial charge on any atom is -0.478 e. The number of unbranched alkanes of at least 4 members (excludes halogenated alkanes) is 5. The molecule has 0 amide bonds. The number of aryl methyl sites for hydroxylation is 2. The molecule has 1 rings (SSSR count). The van der Waals surface area contributed by atoms with E-state index in [0.29, 0.717) is 12.8 Å². The molecule has 0 saturated heterocycles. The zero-order chi connectivity index (χ0) is 18.5. The smallest absolute Gasteiger partial charge is 0.328 e. The van der Waals surface area contributed by atoms with E-state index in [9.17, 15) is 9.90 Å². The topological polar surface area (TPSA) is 83.6 Å². The molecule has 0 spiro atoms. The van der Waals surface area contributed by atoms with Gasteiger partial charge in [0.05, 0.1) is 12.1 Å². The molecule has 25 heavy (non-hydrogen) atoms. The van der Waals surface area contributed by atoms with Crippen molar-refractivity contribution in [1.29, 1.82) is 0 Å². The number of hydrogen-bond donors (Lipinski definition) is 3. The van der Waals surface area contributed by atoms with Crippen molar-refractivity contribution in [2.24, 2.45) is 5.73 Å². The Kier molecular flexibility index (Phi) is 10.1. The van der Waals surface area contributed by atoms with Gasteiger partial charge in [-0.1, -0.05) is 69.4 Å². The Morgan fingerprint density at radius 1 is 1.04 bits per heavy atom. The summed E-state index contributed by atoms with van der Waals surface area (Å²) in [4.78, 5) is 10.6. The number of hydrogen-bond acceptors (Lipinski definition) is 3. The van der Waals surface area contributed by atoms with Gasteiger partial charge in [0, 0.05) is 6.08 Å². The zero-order valence-electron chi connectivity index (χ0n) is 15.4. The Bertz CT molecular complexity index is 524. The van der Waals surface area contributed by atoms with E-state index >= 15 is 0 Å². The highest BCUT2D eigenvalue weighted by Gasteiger charge is 2.20. The van der Waals surface area contributed by atoms with Crippen LogP contribution in [0.15, 0.2) is 36.4 Å². The van der Waals surface area contributed by atoms with Gasteiger partial charge in [0.1, 0.15) is 0 Å². The van der Waals surface area contributed by atoms with Gasteiger partial charge in [0.25, 0.3) is 0 Å². The van der Waals surface area contributed by atoms with Gasteiger partial charge in [0.2, 0.25) is 0 Å². The summed E-state index contributed by atoms with van der Waals surface area (Å²) in [6.07, 6.45) is 12.5. The van der Waals surface area contributed by atoms with E-state index in [2.05, 4.69) is 31.2 Å². The Balaban J connectivity index is 2.39. The third kappa shape index (κ3) is 9.42. The maximum Gasteiger partial charge on any atom is 0.328 e. The second-order valence-electron chi connectivity index (χ2n) is 6.90. The minimum atomic E-state index is -1.05. The molecule has 1 aromatic rings. The van der Waals surface area contributed by atoms with E-state index in [1.807, 2.05) is 0 Å². The number of benzene rings is 1. The van der Waals surface area contributed by atoms with Gasteiger partial charge in [0.15, 0.2) is 0 Å². The Labute approximate surface area is 151 Å². The third-order valence-electron chi connectivity index (χ3n) is 4.57. The van der Waals surface area contributed by atoms with Gasteiger partial charge >= 0.3 is 5.97 Å². The number of aliphatic carboxylic acids is 1. The molecule has 0 aromatic heterocycles. The fraction of sp³-hybridized carbons (Fsp3) is 0.571. The maximum atomic E-state index is 10.6. The van der Waals surface area contributed by atoms with Crippen molar-refractivity contribution in [1.82, 2.24) is 0 Å². The molecule has 0 bridgehead atoms. The first-order valence-electron chi connectivity index (χ1n) is 9.39. The predicted molar refractivity (Wildman–Crippen MR) is 103 cm³/mol. The van der Waals surface area contributed by atoms with E-state index in [4.69, 9.17) is 10.8 Å². The van der Waals surface area contributed by atoms with Gasteiger partial charge in [-0.15, -0.1) is 0 Å². The predicted octanol–water partition coefficient (Wildman–Crippen LogP) is 3.85. The molecule has 0 aliphatic carbocycles. The third-order valence-corrected chi connectivity index (χ3v) is 4.57. The number of aliphatic hydroxyl groups is 1. The summed E-state index contributed by atoms with van der Waals surface area (Å²) in [5.74, 6) is -1.05. The van der Waals surface area contributed by atoms with Gasteiger partial charge in [-0.05, 0) is 36.8 Å². The molecule has 4 nitrogen and oxygen atoms in total. The summed E-state index contributed by atoms with van der Waals surface area (Å²) in [7, 11) is 0. The van der Waals surface area contributed by atoms with Gasteiger partial charge in [-0.2, -0.15) is 0 Å². The van der Waals surface area contributed by atoms with E-state index in [1.54, 1.807) is 0 Å². The van der Waals surface area contributed by atoms with Crippen LogP contribution in [0.2, 0.25) is 0 Å². The fourth-order valence-electron chi connectivity index (χ4n) is 2.81. The summed E-state index contributed by atoms with van der Waals surface area (Å²) in [5, 5.41) is 18.1. The SMILES string of the molecule is CCCCCCCCc1ccc(CC[C@](N)(/C=C/C(=O)O)CO)cc1. The molecular formula is C21H33NO3. The van der Waals surface area contributed by atoms with Crippen molar-refractivity contribution in [3.8, 4) is 0 Å². The van der Waals surface area contributed by atoms with E-state index in [0.717, 1.165) is 18.1 Å². The summed E-state index contributed by atoms with van der Waals surface area (Å²) in [5.41, 5.74) is 7.55.